The molecule has 0 bridgehead atoms. The maximum absolute atomic E-state index is 12.1. The van der Waals surface area contributed by atoms with Gasteiger partial charge in [-0.05, 0) is 43.0 Å². The first kappa shape index (κ1) is 15.5. The number of thiophene rings is 1. The molecule has 0 radical (unpaired) electrons. The lowest BCUT2D eigenvalue weighted by Gasteiger charge is -2.15. The van der Waals surface area contributed by atoms with Gasteiger partial charge in [-0.15, -0.1) is 11.3 Å². The van der Waals surface area contributed by atoms with Gasteiger partial charge in [-0.25, -0.2) is 0 Å². The molecule has 2 aromatic rings. The summed E-state index contributed by atoms with van der Waals surface area (Å²) in [6.45, 7) is 3.52. The third-order valence-electron chi connectivity index (χ3n) is 2.94. The van der Waals surface area contributed by atoms with E-state index in [1.807, 2.05) is 18.4 Å². The van der Waals surface area contributed by atoms with Crippen LogP contribution in [0.5, 0.6) is 0 Å². The molecule has 0 spiro atoms. The smallest absolute Gasteiger partial charge is 0.261 e. The third kappa shape index (κ3) is 4.06. The van der Waals surface area contributed by atoms with Gasteiger partial charge in [0, 0.05) is 10.7 Å². The number of carbonyl (C=O) groups is 2. The molecule has 1 aromatic carbocycles. The van der Waals surface area contributed by atoms with Crippen molar-refractivity contribution in [2.24, 2.45) is 0 Å². The van der Waals surface area contributed by atoms with Crippen molar-refractivity contribution in [1.82, 2.24) is 5.32 Å². The van der Waals surface area contributed by atoms with E-state index in [9.17, 15) is 9.59 Å². The Hall–Kier alpha value is -1.85. The zero-order valence-corrected chi connectivity index (χ0v) is 13.2. The van der Waals surface area contributed by atoms with Crippen LogP contribution in [0.2, 0.25) is 5.02 Å². The minimum atomic E-state index is -0.641. The first-order chi connectivity index (χ1) is 9.97. The number of benzene rings is 1. The summed E-state index contributed by atoms with van der Waals surface area (Å²) in [5.41, 5.74) is 1.55. The van der Waals surface area contributed by atoms with Gasteiger partial charge in [-0.1, -0.05) is 23.7 Å². The van der Waals surface area contributed by atoms with Gasteiger partial charge in [0.25, 0.3) is 5.91 Å². The standard InChI is InChI=1S/C15H15ClN2O2S/c1-9-5-6-11(16)8-12(9)18-14(19)10(2)17-15(20)13-4-3-7-21-13/h3-8,10H,1-2H3,(H,17,20)(H,18,19). The summed E-state index contributed by atoms with van der Waals surface area (Å²) < 4.78 is 0. The summed E-state index contributed by atoms with van der Waals surface area (Å²) in [6.07, 6.45) is 0. The molecule has 110 valence electrons. The number of carbonyl (C=O) groups excluding carboxylic acids is 2. The first-order valence-corrected chi connectivity index (χ1v) is 7.64. The van der Waals surface area contributed by atoms with Gasteiger partial charge in [-0.2, -0.15) is 0 Å². The first-order valence-electron chi connectivity index (χ1n) is 6.39. The predicted octanol–water partition coefficient (Wildman–Crippen LogP) is 3.47. The number of rotatable bonds is 4. The molecule has 2 rings (SSSR count). The zero-order chi connectivity index (χ0) is 15.4. The van der Waals surface area contributed by atoms with Crippen molar-refractivity contribution in [1.29, 1.82) is 0 Å². The van der Waals surface area contributed by atoms with Gasteiger partial charge < -0.3 is 10.6 Å². The van der Waals surface area contributed by atoms with Crippen LogP contribution in [0, 0.1) is 6.92 Å². The van der Waals surface area contributed by atoms with Crippen LogP contribution in [-0.4, -0.2) is 17.9 Å². The van der Waals surface area contributed by atoms with E-state index in [-0.39, 0.29) is 11.8 Å². The average Bonchev–Trinajstić information content (AvgIpc) is 2.97. The molecular weight excluding hydrogens is 308 g/mol. The molecule has 6 heteroatoms. The molecule has 4 nitrogen and oxygen atoms in total. The molecule has 0 saturated carbocycles. The highest BCUT2D eigenvalue weighted by molar-refractivity contribution is 7.12. The van der Waals surface area contributed by atoms with E-state index in [4.69, 9.17) is 11.6 Å². The van der Waals surface area contributed by atoms with Gasteiger partial charge in [-0.3, -0.25) is 9.59 Å². The Morgan fingerprint density at radius 2 is 2.05 bits per heavy atom. The Balaban J connectivity index is 1.99. The van der Waals surface area contributed by atoms with Gasteiger partial charge in [0.15, 0.2) is 0 Å². The van der Waals surface area contributed by atoms with Crippen LogP contribution in [-0.2, 0) is 4.79 Å². The van der Waals surface area contributed by atoms with Crippen molar-refractivity contribution >= 4 is 40.4 Å². The molecule has 1 atom stereocenters. The Bertz CT molecular complexity index is 656. The predicted molar refractivity (Wildman–Crippen MR) is 86.1 cm³/mol. The SMILES string of the molecule is Cc1ccc(Cl)cc1NC(=O)C(C)NC(=O)c1cccs1. The summed E-state index contributed by atoms with van der Waals surface area (Å²) in [5.74, 6) is -0.541. The summed E-state index contributed by atoms with van der Waals surface area (Å²) in [4.78, 5) is 24.6. The number of amides is 2. The second kappa shape index (κ2) is 6.74. The molecule has 1 unspecified atom stereocenters. The lowest BCUT2D eigenvalue weighted by atomic mass is 10.2. The van der Waals surface area contributed by atoms with E-state index in [0.29, 0.717) is 15.6 Å². The molecule has 0 fully saturated rings. The largest absolute Gasteiger partial charge is 0.340 e. The van der Waals surface area contributed by atoms with Crippen LogP contribution >= 0.6 is 22.9 Å². The molecule has 21 heavy (non-hydrogen) atoms. The average molecular weight is 323 g/mol. The normalized spacial score (nSPS) is 11.8. The highest BCUT2D eigenvalue weighted by atomic mass is 35.5. The second-order valence-corrected chi connectivity index (χ2v) is 6.01. The molecule has 0 aliphatic heterocycles. The van der Waals surface area contributed by atoms with Crippen LogP contribution in [0.3, 0.4) is 0 Å². The Kier molecular flexibility index (Phi) is 4.98. The van der Waals surface area contributed by atoms with Crippen molar-refractivity contribution in [3.63, 3.8) is 0 Å². The number of aryl methyl sites for hydroxylation is 1. The van der Waals surface area contributed by atoms with Crippen molar-refractivity contribution < 1.29 is 9.59 Å². The molecule has 0 aliphatic rings. The fraction of sp³-hybridized carbons (Fsp3) is 0.200. The minimum absolute atomic E-state index is 0.254. The minimum Gasteiger partial charge on any atom is -0.340 e. The van der Waals surface area contributed by atoms with Crippen LogP contribution in [0.4, 0.5) is 5.69 Å². The van der Waals surface area contributed by atoms with E-state index in [0.717, 1.165) is 5.56 Å². The van der Waals surface area contributed by atoms with Crippen molar-refractivity contribution in [2.45, 2.75) is 19.9 Å². The molecule has 1 heterocycles. The Labute approximate surface area is 132 Å². The molecule has 2 N–H and O–H groups in total. The molecule has 1 aromatic heterocycles. The lowest BCUT2D eigenvalue weighted by Crippen LogP contribution is -2.41. The summed E-state index contributed by atoms with van der Waals surface area (Å²) in [6, 6.07) is 8.13. The lowest BCUT2D eigenvalue weighted by molar-refractivity contribution is -0.117. The monoisotopic (exact) mass is 322 g/mol. The number of halogens is 1. The van der Waals surface area contributed by atoms with Crippen molar-refractivity contribution in [3.05, 3.63) is 51.2 Å². The summed E-state index contributed by atoms with van der Waals surface area (Å²) in [7, 11) is 0. The van der Waals surface area contributed by atoms with Crippen LogP contribution < -0.4 is 10.6 Å². The van der Waals surface area contributed by atoms with E-state index in [1.165, 1.54) is 11.3 Å². The number of hydrogen-bond donors (Lipinski definition) is 2. The maximum atomic E-state index is 12.1. The highest BCUT2D eigenvalue weighted by Gasteiger charge is 2.17. The summed E-state index contributed by atoms with van der Waals surface area (Å²) in [5, 5.41) is 7.79. The second-order valence-electron chi connectivity index (χ2n) is 4.62. The quantitative estimate of drug-likeness (QED) is 0.905. The van der Waals surface area contributed by atoms with E-state index >= 15 is 0 Å². The molecular formula is C15H15ClN2O2S. The molecule has 0 aliphatic carbocycles. The number of anilines is 1. The topological polar surface area (TPSA) is 58.2 Å². The van der Waals surface area contributed by atoms with Crippen LogP contribution in [0.15, 0.2) is 35.7 Å². The van der Waals surface area contributed by atoms with Crippen LogP contribution in [0.25, 0.3) is 0 Å². The number of hydrogen-bond acceptors (Lipinski definition) is 3. The number of nitrogens with one attached hydrogen (secondary N) is 2. The fourth-order valence-electron chi connectivity index (χ4n) is 1.71. The summed E-state index contributed by atoms with van der Waals surface area (Å²) >= 11 is 7.24. The van der Waals surface area contributed by atoms with Gasteiger partial charge in [0.05, 0.1) is 4.88 Å². The Morgan fingerprint density at radius 3 is 2.71 bits per heavy atom. The van der Waals surface area contributed by atoms with E-state index in [1.54, 1.807) is 31.2 Å². The van der Waals surface area contributed by atoms with E-state index in [2.05, 4.69) is 10.6 Å². The maximum Gasteiger partial charge on any atom is 0.261 e. The Morgan fingerprint density at radius 1 is 1.29 bits per heavy atom. The van der Waals surface area contributed by atoms with Crippen molar-refractivity contribution in [2.75, 3.05) is 5.32 Å². The van der Waals surface area contributed by atoms with Crippen LogP contribution in [0.1, 0.15) is 22.2 Å². The fourth-order valence-corrected chi connectivity index (χ4v) is 2.51. The van der Waals surface area contributed by atoms with Gasteiger partial charge >= 0.3 is 0 Å². The van der Waals surface area contributed by atoms with E-state index < -0.39 is 6.04 Å². The third-order valence-corrected chi connectivity index (χ3v) is 4.05. The zero-order valence-electron chi connectivity index (χ0n) is 11.6. The highest BCUT2D eigenvalue weighted by Crippen LogP contribution is 2.20. The van der Waals surface area contributed by atoms with Gasteiger partial charge in [0.2, 0.25) is 5.91 Å². The van der Waals surface area contributed by atoms with Crippen molar-refractivity contribution in [3.8, 4) is 0 Å². The molecule has 0 saturated heterocycles. The van der Waals surface area contributed by atoms with Gasteiger partial charge in [0.1, 0.15) is 6.04 Å². The molecule has 2 amide bonds.